The van der Waals surface area contributed by atoms with Gasteiger partial charge >= 0.3 is 0 Å². The Morgan fingerprint density at radius 2 is 2.18 bits per heavy atom. The van der Waals surface area contributed by atoms with Gasteiger partial charge in [-0.25, -0.2) is 4.39 Å². The molecule has 96 valence electrons. The minimum atomic E-state index is -1.19. The maximum atomic E-state index is 12.6. The van der Waals surface area contributed by atoms with Crippen molar-refractivity contribution in [2.24, 2.45) is 4.99 Å². The quantitative estimate of drug-likeness (QED) is 0.672. The van der Waals surface area contributed by atoms with Crippen molar-refractivity contribution >= 4 is 16.9 Å². The topological polar surface area (TPSA) is 65.3 Å². The van der Waals surface area contributed by atoms with Crippen LogP contribution in [0.3, 0.4) is 0 Å². The van der Waals surface area contributed by atoms with Gasteiger partial charge in [0.2, 0.25) is 0 Å². The average Bonchev–Trinajstić information content (AvgIpc) is 2.64. The summed E-state index contributed by atoms with van der Waals surface area (Å²) >= 11 is 1.42. The Bertz CT molecular complexity index is 340. The molecule has 3 aliphatic rings. The Labute approximate surface area is 103 Å². The highest BCUT2D eigenvalue weighted by Crippen LogP contribution is 2.38. The number of halogens is 1. The molecule has 0 aromatic heterocycles. The molecule has 5 unspecified atom stereocenters. The fourth-order valence-electron chi connectivity index (χ4n) is 2.20. The molecule has 0 aliphatic carbocycles. The number of rotatable bonds is 1. The van der Waals surface area contributed by atoms with E-state index >= 15 is 0 Å². The van der Waals surface area contributed by atoms with Gasteiger partial charge in [-0.05, 0) is 6.42 Å². The summed E-state index contributed by atoms with van der Waals surface area (Å²) in [5, 5.41) is 20.4. The number of aliphatic hydroxyl groups is 2. The van der Waals surface area contributed by atoms with E-state index < -0.39 is 31.0 Å². The lowest BCUT2D eigenvalue weighted by atomic mass is 9.99. The van der Waals surface area contributed by atoms with Gasteiger partial charge in [0.1, 0.15) is 36.5 Å². The smallest absolute Gasteiger partial charge is 0.162 e. The van der Waals surface area contributed by atoms with Crippen molar-refractivity contribution in [3.63, 3.8) is 0 Å². The average molecular weight is 262 g/mol. The zero-order valence-corrected chi connectivity index (χ0v) is 10.0. The minimum Gasteiger partial charge on any atom is -0.388 e. The molecule has 0 radical (unpaired) electrons. The van der Waals surface area contributed by atoms with Crippen LogP contribution in [-0.4, -0.2) is 69.8 Å². The van der Waals surface area contributed by atoms with Crippen molar-refractivity contribution in [1.29, 1.82) is 0 Å². The molecule has 5 atom stereocenters. The van der Waals surface area contributed by atoms with E-state index in [-0.39, 0.29) is 5.44 Å². The lowest BCUT2D eigenvalue weighted by Gasteiger charge is -2.37. The summed E-state index contributed by atoms with van der Waals surface area (Å²) < 4.78 is 18.1. The van der Waals surface area contributed by atoms with Gasteiger partial charge in [-0.2, -0.15) is 0 Å². The number of likely N-dealkylation sites (tertiary alicyclic amines) is 1. The van der Waals surface area contributed by atoms with E-state index in [2.05, 4.69) is 9.89 Å². The summed E-state index contributed by atoms with van der Waals surface area (Å²) in [6.07, 6.45) is -2.03. The Morgan fingerprint density at radius 3 is 2.76 bits per heavy atom. The van der Waals surface area contributed by atoms with Crippen molar-refractivity contribution in [2.75, 3.05) is 19.8 Å². The van der Waals surface area contributed by atoms with Crippen LogP contribution in [0.25, 0.3) is 0 Å². The van der Waals surface area contributed by atoms with Crippen molar-refractivity contribution in [2.45, 2.75) is 36.2 Å². The van der Waals surface area contributed by atoms with Gasteiger partial charge in [0.25, 0.3) is 0 Å². The number of hydrogen-bond acceptors (Lipinski definition) is 6. The molecule has 3 aliphatic heterocycles. The predicted molar refractivity (Wildman–Crippen MR) is 61.7 cm³/mol. The Kier molecular flexibility index (Phi) is 3.02. The van der Waals surface area contributed by atoms with Crippen LogP contribution in [0.2, 0.25) is 0 Å². The molecule has 0 aromatic rings. The second kappa shape index (κ2) is 4.38. The number of fused-ring (bicyclic) bond motifs is 1. The highest BCUT2D eigenvalue weighted by Gasteiger charge is 2.49. The molecule has 2 fully saturated rings. The predicted octanol–water partition coefficient (Wildman–Crippen LogP) is -0.420. The molecule has 7 heteroatoms. The third kappa shape index (κ3) is 1.85. The van der Waals surface area contributed by atoms with Crippen LogP contribution in [0.15, 0.2) is 4.99 Å². The molecule has 0 spiro atoms. The Hall–Kier alpha value is -0.370. The molecule has 0 aromatic carbocycles. The maximum absolute atomic E-state index is 12.6. The fourth-order valence-corrected chi connectivity index (χ4v) is 3.49. The van der Waals surface area contributed by atoms with E-state index in [1.54, 1.807) is 0 Å². The van der Waals surface area contributed by atoms with Gasteiger partial charge in [-0.3, -0.25) is 4.99 Å². The summed E-state index contributed by atoms with van der Waals surface area (Å²) in [5.74, 6) is 0. The molecule has 17 heavy (non-hydrogen) atoms. The van der Waals surface area contributed by atoms with E-state index in [0.717, 1.165) is 24.7 Å². The molecule has 3 heterocycles. The number of ether oxygens (including phenoxy) is 1. The molecule has 2 saturated heterocycles. The summed E-state index contributed by atoms with van der Waals surface area (Å²) in [7, 11) is 0. The molecule has 2 N–H and O–H groups in total. The molecule has 0 amide bonds. The standard InChI is InChI=1S/C10H15FN2O3S/c11-4-5-7(14)8(15)6-9(16-5)17-10(12-6)13-2-1-3-13/h5-9,14-15H,1-4H2. The molecule has 5 nitrogen and oxygen atoms in total. The van der Waals surface area contributed by atoms with Crippen LogP contribution in [0.1, 0.15) is 6.42 Å². The van der Waals surface area contributed by atoms with E-state index in [1.165, 1.54) is 11.8 Å². The third-order valence-corrected chi connectivity index (χ3v) is 4.62. The second-order valence-corrected chi connectivity index (χ2v) is 5.60. The first-order valence-electron chi connectivity index (χ1n) is 5.77. The zero-order chi connectivity index (χ0) is 12.0. The van der Waals surface area contributed by atoms with E-state index in [9.17, 15) is 14.6 Å². The van der Waals surface area contributed by atoms with Gasteiger partial charge in [-0.15, -0.1) is 0 Å². The molecule has 3 rings (SSSR count). The largest absolute Gasteiger partial charge is 0.388 e. The number of aliphatic hydroxyl groups excluding tert-OH is 2. The highest BCUT2D eigenvalue weighted by molar-refractivity contribution is 8.14. The van der Waals surface area contributed by atoms with Crippen molar-refractivity contribution in [3.05, 3.63) is 0 Å². The second-order valence-electron chi connectivity index (χ2n) is 4.54. The first-order chi connectivity index (χ1) is 8.20. The van der Waals surface area contributed by atoms with Crippen molar-refractivity contribution in [1.82, 2.24) is 4.90 Å². The monoisotopic (exact) mass is 262 g/mol. The number of thioether (sulfide) groups is 1. The normalized spacial score (nSPS) is 45.2. The number of aliphatic imine (C=N–C) groups is 1. The lowest BCUT2D eigenvalue weighted by Crippen LogP contribution is -2.55. The van der Waals surface area contributed by atoms with E-state index in [0.29, 0.717) is 0 Å². The zero-order valence-electron chi connectivity index (χ0n) is 9.20. The van der Waals surface area contributed by atoms with Crippen LogP contribution in [0, 0.1) is 0 Å². The van der Waals surface area contributed by atoms with Crippen molar-refractivity contribution in [3.8, 4) is 0 Å². The number of amidine groups is 1. The van der Waals surface area contributed by atoms with Gasteiger partial charge < -0.3 is 19.8 Å². The summed E-state index contributed by atoms with van der Waals surface area (Å²) in [4.78, 5) is 6.49. The number of alkyl halides is 1. The Morgan fingerprint density at radius 1 is 1.41 bits per heavy atom. The van der Waals surface area contributed by atoms with Gasteiger partial charge in [0.15, 0.2) is 5.17 Å². The van der Waals surface area contributed by atoms with Crippen LogP contribution in [-0.2, 0) is 4.74 Å². The molecular weight excluding hydrogens is 247 g/mol. The molecular formula is C10H15FN2O3S. The first-order valence-corrected chi connectivity index (χ1v) is 6.65. The number of nitrogens with zero attached hydrogens (tertiary/aromatic N) is 2. The van der Waals surface area contributed by atoms with Gasteiger partial charge in [0.05, 0.1) is 0 Å². The summed E-state index contributed by atoms with van der Waals surface area (Å²) in [6, 6.07) is -0.478. The van der Waals surface area contributed by atoms with Gasteiger partial charge in [-0.1, -0.05) is 11.8 Å². The van der Waals surface area contributed by atoms with Crippen molar-refractivity contribution < 1.29 is 19.3 Å². The SMILES string of the molecule is OC1C(CF)OC2SC(N3CCC3)=NC2C1O. The van der Waals surface area contributed by atoms with E-state index in [4.69, 9.17) is 4.74 Å². The molecule has 0 bridgehead atoms. The third-order valence-electron chi connectivity index (χ3n) is 3.43. The van der Waals surface area contributed by atoms with E-state index in [1.807, 2.05) is 0 Å². The summed E-state index contributed by atoms with van der Waals surface area (Å²) in [5.41, 5.74) is -0.371. The Balaban J connectivity index is 1.74. The highest BCUT2D eigenvalue weighted by atomic mass is 32.2. The summed E-state index contributed by atoms with van der Waals surface area (Å²) in [6.45, 7) is 1.15. The lowest BCUT2D eigenvalue weighted by molar-refractivity contribution is -0.157. The van der Waals surface area contributed by atoms with Crippen LogP contribution in [0.4, 0.5) is 4.39 Å². The van der Waals surface area contributed by atoms with Crippen LogP contribution >= 0.6 is 11.8 Å². The maximum Gasteiger partial charge on any atom is 0.162 e. The first kappa shape index (κ1) is 11.7. The fraction of sp³-hybridized carbons (Fsp3) is 0.900. The van der Waals surface area contributed by atoms with Crippen LogP contribution < -0.4 is 0 Å². The number of hydrogen-bond donors (Lipinski definition) is 2. The van der Waals surface area contributed by atoms with Crippen LogP contribution in [0.5, 0.6) is 0 Å². The molecule has 0 saturated carbocycles. The minimum absolute atomic E-state index is 0.371. The van der Waals surface area contributed by atoms with Gasteiger partial charge in [0, 0.05) is 13.1 Å².